The molecule has 6 nitrogen and oxygen atoms in total. The van der Waals surface area contributed by atoms with Crippen LogP contribution in [-0.2, 0) is 10.0 Å². The maximum absolute atomic E-state index is 13.4. The molecule has 1 aliphatic heterocycles. The van der Waals surface area contributed by atoms with Crippen molar-refractivity contribution in [3.05, 3.63) is 52.6 Å². The first-order valence-corrected chi connectivity index (χ1v) is 11.7. The molecule has 1 amide bonds. The molecule has 30 heavy (non-hydrogen) atoms. The number of ether oxygens (including phenoxy) is 1. The number of sulfonamides is 1. The zero-order valence-corrected chi connectivity index (χ0v) is 19.1. The van der Waals surface area contributed by atoms with Gasteiger partial charge in [-0.05, 0) is 69.9 Å². The third-order valence-corrected chi connectivity index (χ3v) is 7.70. The van der Waals surface area contributed by atoms with Crippen molar-refractivity contribution in [3.63, 3.8) is 0 Å². The summed E-state index contributed by atoms with van der Waals surface area (Å²) in [5.41, 5.74) is 4.07. The molecule has 1 saturated heterocycles. The lowest BCUT2D eigenvalue weighted by Crippen LogP contribution is -2.42. The largest absolute Gasteiger partial charge is 0.495 e. The summed E-state index contributed by atoms with van der Waals surface area (Å²) in [4.78, 5) is 13.0. The van der Waals surface area contributed by atoms with Gasteiger partial charge in [-0.3, -0.25) is 4.79 Å². The summed E-state index contributed by atoms with van der Waals surface area (Å²) in [5, 5.41) is 2.94. The highest BCUT2D eigenvalue weighted by molar-refractivity contribution is 7.89. The molecule has 1 fully saturated rings. The molecular weight excluding hydrogens is 400 g/mol. The number of rotatable bonds is 5. The lowest BCUT2D eigenvalue weighted by molar-refractivity contribution is 0.102. The molecule has 0 saturated carbocycles. The van der Waals surface area contributed by atoms with Crippen LogP contribution in [0.15, 0.2) is 35.2 Å². The molecule has 7 heteroatoms. The molecule has 0 aliphatic carbocycles. The van der Waals surface area contributed by atoms with Crippen LogP contribution in [0.1, 0.15) is 53.2 Å². The predicted molar refractivity (Wildman–Crippen MR) is 119 cm³/mol. The number of carbonyl (C=O) groups excluding carboxylic acids is 1. The van der Waals surface area contributed by atoms with Crippen LogP contribution >= 0.6 is 0 Å². The second-order valence-electron chi connectivity index (χ2n) is 8.05. The highest BCUT2D eigenvalue weighted by atomic mass is 32.2. The van der Waals surface area contributed by atoms with Gasteiger partial charge in [-0.2, -0.15) is 4.31 Å². The van der Waals surface area contributed by atoms with E-state index in [2.05, 4.69) is 5.32 Å². The van der Waals surface area contributed by atoms with Gasteiger partial charge in [-0.25, -0.2) is 8.42 Å². The van der Waals surface area contributed by atoms with Crippen molar-refractivity contribution in [1.82, 2.24) is 4.31 Å². The van der Waals surface area contributed by atoms with Crippen molar-refractivity contribution in [2.24, 2.45) is 0 Å². The molecule has 1 unspecified atom stereocenters. The Bertz CT molecular complexity index is 1040. The minimum absolute atomic E-state index is 0.0312. The number of hydrogen-bond acceptors (Lipinski definition) is 4. The van der Waals surface area contributed by atoms with E-state index in [1.807, 2.05) is 39.8 Å². The number of anilines is 1. The summed E-state index contributed by atoms with van der Waals surface area (Å²) in [6, 6.07) is 8.48. The first kappa shape index (κ1) is 22.3. The maximum Gasteiger partial charge on any atom is 0.255 e. The molecule has 1 heterocycles. The second-order valence-corrected chi connectivity index (χ2v) is 9.91. The SMILES string of the molecule is COc1ccc(C(=O)Nc2c(C)cc(C)cc2C)cc1S(=O)(=O)N1CCCCC1C. The smallest absolute Gasteiger partial charge is 0.255 e. The molecule has 2 aromatic carbocycles. The van der Waals surface area contributed by atoms with Gasteiger partial charge in [0.2, 0.25) is 10.0 Å². The van der Waals surface area contributed by atoms with E-state index >= 15 is 0 Å². The summed E-state index contributed by atoms with van der Waals surface area (Å²) >= 11 is 0. The summed E-state index contributed by atoms with van der Waals surface area (Å²) in [7, 11) is -2.34. The number of methoxy groups -OCH3 is 1. The molecule has 0 spiro atoms. The van der Waals surface area contributed by atoms with Gasteiger partial charge in [-0.15, -0.1) is 0 Å². The van der Waals surface area contributed by atoms with Gasteiger partial charge in [0.15, 0.2) is 0 Å². The quantitative estimate of drug-likeness (QED) is 0.761. The number of nitrogens with zero attached hydrogens (tertiary/aromatic N) is 1. The van der Waals surface area contributed by atoms with E-state index in [0.717, 1.165) is 41.6 Å². The van der Waals surface area contributed by atoms with Crippen molar-refractivity contribution in [2.45, 2.75) is 57.9 Å². The zero-order valence-electron chi connectivity index (χ0n) is 18.3. The van der Waals surface area contributed by atoms with Gasteiger partial charge in [0.05, 0.1) is 7.11 Å². The summed E-state index contributed by atoms with van der Waals surface area (Å²) in [5.74, 6) is -0.108. The van der Waals surface area contributed by atoms with Gasteiger partial charge >= 0.3 is 0 Å². The molecule has 0 bridgehead atoms. The lowest BCUT2D eigenvalue weighted by atomic mass is 10.0. The normalized spacial score (nSPS) is 17.6. The molecule has 0 aromatic heterocycles. The monoisotopic (exact) mass is 430 g/mol. The summed E-state index contributed by atoms with van der Waals surface area (Å²) < 4.78 is 33.6. The number of piperidine rings is 1. The molecule has 1 atom stereocenters. The highest BCUT2D eigenvalue weighted by Crippen LogP contribution is 2.32. The van der Waals surface area contributed by atoms with Crippen molar-refractivity contribution in [2.75, 3.05) is 19.0 Å². The molecule has 0 radical (unpaired) electrons. The van der Waals surface area contributed by atoms with Crippen molar-refractivity contribution < 1.29 is 17.9 Å². The number of aryl methyl sites for hydroxylation is 3. The standard InChI is InChI=1S/C23H30N2O4S/c1-15-12-16(2)22(17(3)13-15)24-23(26)19-9-10-20(29-5)21(14-19)30(27,28)25-11-7-6-8-18(25)4/h9-10,12-14,18H,6-8,11H2,1-5H3,(H,24,26). The molecule has 1 N–H and O–H groups in total. The van der Waals surface area contributed by atoms with Crippen molar-refractivity contribution >= 4 is 21.6 Å². The number of benzene rings is 2. The highest BCUT2D eigenvalue weighted by Gasteiger charge is 2.33. The number of carbonyl (C=O) groups is 1. The molecule has 2 aromatic rings. The van der Waals surface area contributed by atoms with Crippen LogP contribution in [0.2, 0.25) is 0 Å². The fourth-order valence-corrected chi connectivity index (χ4v) is 6.02. The van der Waals surface area contributed by atoms with Crippen molar-refractivity contribution in [1.29, 1.82) is 0 Å². The first-order valence-electron chi connectivity index (χ1n) is 10.2. The molecule has 3 rings (SSSR count). The second kappa shape index (κ2) is 8.78. The summed E-state index contributed by atoms with van der Waals surface area (Å²) in [6.45, 7) is 8.29. The topological polar surface area (TPSA) is 75.7 Å². The van der Waals surface area contributed by atoms with E-state index in [4.69, 9.17) is 4.74 Å². The Hall–Kier alpha value is -2.38. The molecule has 162 valence electrons. The van der Waals surface area contributed by atoms with E-state index in [-0.39, 0.29) is 28.2 Å². The van der Waals surface area contributed by atoms with Crippen LogP contribution in [0, 0.1) is 20.8 Å². The Morgan fingerprint density at radius 3 is 2.37 bits per heavy atom. The maximum atomic E-state index is 13.4. The number of nitrogens with one attached hydrogen (secondary N) is 1. The Morgan fingerprint density at radius 1 is 1.10 bits per heavy atom. The van der Waals surface area contributed by atoms with E-state index < -0.39 is 10.0 Å². The van der Waals surface area contributed by atoms with Crippen LogP contribution in [0.3, 0.4) is 0 Å². The number of hydrogen-bond donors (Lipinski definition) is 1. The van der Waals surface area contributed by atoms with Gasteiger partial charge in [-0.1, -0.05) is 24.1 Å². The minimum atomic E-state index is -3.78. The van der Waals surface area contributed by atoms with Gasteiger partial charge < -0.3 is 10.1 Å². The molecule has 1 aliphatic rings. The first-order chi connectivity index (χ1) is 14.1. The third-order valence-electron chi connectivity index (χ3n) is 5.67. The average molecular weight is 431 g/mol. The predicted octanol–water partition coefficient (Wildman–Crippen LogP) is 4.44. The van der Waals surface area contributed by atoms with Gasteiger partial charge in [0.25, 0.3) is 5.91 Å². The van der Waals surface area contributed by atoms with Gasteiger partial charge in [0.1, 0.15) is 10.6 Å². The van der Waals surface area contributed by atoms with Crippen LogP contribution in [0.4, 0.5) is 5.69 Å². The molecular formula is C23H30N2O4S. The third kappa shape index (κ3) is 4.37. The van der Waals surface area contributed by atoms with E-state index in [1.54, 1.807) is 12.1 Å². The van der Waals surface area contributed by atoms with Crippen molar-refractivity contribution in [3.8, 4) is 5.75 Å². The number of amides is 1. The van der Waals surface area contributed by atoms with E-state index in [9.17, 15) is 13.2 Å². The Morgan fingerprint density at radius 2 is 1.77 bits per heavy atom. The fourth-order valence-electron chi connectivity index (χ4n) is 4.14. The van der Waals surface area contributed by atoms with Crippen LogP contribution in [-0.4, -0.2) is 38.3 Å². The van der Waals surface area contributed by atoms with Crippen LogP contribution < -0.4 is 10.1 Å². The zero-order chi connectivity index (χ0) is 22.1. The Labute approximate surface area is 179 Å². The lowest BCUT2D eigenvalue weighted by Gasteiger charge is -2.32. The summed E-state index contributed by atoms with van der Waals surface area (Å²) in [6.07, 6.45) is 2.67. The van der Waals surface area contributed by atoms with Gasteiger partial charge in [0, 0.05) is 23.8 Å². The fraction of sp³-hybridized carbons (Fsp3) is 0.435. The Kier molecular flexibility index (Phi) is 6.53. The van der Waals surface area contributed by atoms with Crippen LogP contribution in [0.5, 0.6) is 5.75 Å². The average Bonchev–Trinajstić information content (AvgIpc) is 2.70. The van der Waals surface area contributed by atoms with Crippen LogP contribution in [0.25, 0.3) is 0 Å². The van der Waals surface area contributed by atoms with E-state index in [1.165, 1.54) is 17.5 Å². The Balaban J connectivity index is 1.97. The minimum Gasteiger partial charge on any atom is -0.495 e. The van der Waals surface area contributed by atoms with E-state index in [0.29, 0.717) is 6.54 Å².